The summed E-state index contributed by atoms with van der Waals surface area (Å²) in [6, 6.07) is 12.8. The fourth-order valence-corrected chi connectivity index (χ4v) is 4.03. The Morgan fingerprint density at radius 3 is 2.60 bits per heavy atom. The number of nitrogens with one attached hydrogen (secondary N) is 2. The molecule has 0 bridgehead atoms. The molecule has 2 N–H and O–H groups in total. The van der Waals surface area contributed by atoms with Crippen molar-refractivity contribution in [3.05, 3.63) is 59.7 Å². The first kappa shape index (κ1) is 20.1. The minimum absolute atomic E-state index is 0.0334. The molecule has 0 amide bonds. The number of H-pyrrole nitrogens is 1. The average molecular weight is 415 g/mol. The molecule has 0 spiro atoms. The second-order valence-electron chi connectivity index (χ2n) is 7.56. The molecule has 1 fully saturated rings. The van der Waals surface area contributed by atoms with E-state index in [1.165, 1.54) is 12.1 Å². The molecule has 6 nitrogen and oxygen atoms in total. The lowest BCUT2D eigenvalue weighted by atomic mass is 9.61. The van der Waals surface area contributed by atoms with Crippen LogP contribution in [0.5, 0.6) is 0 Å². The van der Waals surface area contributed by atoms with Gasteiger partial charge < -0.3 is 5.32 Å². The number of alkyl halides is 3. The summed E-state index contributed by atoms with van der Waals surface area (Å²) in [5, 5.41) is 16.8. The van der Waals surface area contributed by atoms with E-state index in [1.807, 2.05) is 6.07 Å². The minimum atomic E-state index is -4.43. The lowest BCUT2D eigenvalue weighted by Crippen LogP contribution is -2.39. The van der Waals surface area contributed by atoms with Gasteiger partial charge in [0.1, 0.15) is 0 Å². The number of hydrogen-bond donors (Lipinski definition) is 2. The summed E-state index contributed by atoms with van der Waals surface area (Å²) >= 11 is 0. The highest BCUT2D eigenvalue weighted by Crippen LogP contribution is 2.50. The molecule has 1 aliphatic carbocycles. The van der Waals surface area contributed by atoms with E-state index in [0.29, 0.717) is 24.4 Å². The molecule has 0 aliphatic heterocycles. The van der Waals surface area contributed by atoms with E-state index in [4.69, 9.17) is 0 Å². The van der Waals surface area contributed by atoms with Crippen LogP contribution < -0.4 is 5.32 Å². The summed E-state index contributed by atoms with van der Waals surface area (Å²) in [6.07, 6.45) is -2.37. The highest BCUT2D eigenvalue weighted by atomic mass is 19.4. The fraction of sp³-hybridized carbons (Fsp3) is 0.333. The number of Topliss-reactive ketones (excluding diaryl/α,β-unsaturated/α-hetero) is 1. The highest BCUT2D eigenvalue weighted by Gasteiger charge is 2.45. The Bertz CT molecular complexity index is 1030. The van der Waals surface area contributed by atoms with Gasteiger partial charge in [-0.1, -0.05) is 36.8 Å². The Morgan fingerprint density at radius 2 is 1.93 bits per heavy atom. The first-order valence-corrected chi connectivity index (χ1v) is 9.64. The molecule has 0 radical (unpaired) electrons. The minimum Gasteiger partial charge on any atom is -0.378 e. The zero-order valence-electron chi connectivity index (χ0n) is 16.0. The highest BCUT2D eigenvalue weighted by molar-refractivity contribution is 5.84. The average Bonchev–Trinajstić information content (AvgIpc) is 3.24. The maximum atomic E-state index is 13.5. The topological polar surface area (TPSA) is 83.6 Å². The maximum absolute atomic E-state index is 13.5. The van der Waals surface area contributed by atoms with Crippen molar-refractivity contribution in [2.45, 2.75) is 37.3 Å². The number of benzene rings is 2. The van der Waals surface area contributed by atoms with E-state index in [1.54, 1.807) is 24.3 Å². The van der Waals surface area contributed by atoms with Crippen LogP contribution in [0.25, 0.3) is 11.4 Å². The monoisotopic (exact) mass is 415 g/mol. The van der Waals surface area contributed by atoms with Crippen LogP contribution in [0.1, 0.15) is 36.8 Å². The van der Waals surface area contributed by atoms with Crippen LogP contribution in [0.15, 0.2) is 48.5 Å². The number of hydrogen-bond acceptors (Lipinski definition) is 5. The molecule has 1 saturated carbocycles. The van der Waals surface area contributed by atoms with Gasteiger partial charge in [0, 0.05) is 23.1 Å². The number of ketones is 1. The summed E-state index contributed by atoms with van der Waals surface area (Å²) in [6.45, 7) is 0.0334. The second-order valence-corrected chi connectivity index (χ2v) is 7.56. The Hall–Kier alpha value is -3.23. The number of aromatic nitrogens is 4. The van der Waals surface area contributed by atoms with E-state index in [2.05, 4.69) is 25.9 Å². The molecular formula is C21H20F3N5O. The Kier molecular flexibility index (Phi) is 5.27. The van der Waals surface area contributed by atoms with Crippen molar-refractivity contribution < 1.29 is 18.0 Å². The molecule has 156 valence electrons. The van der Waals surface area contributed by atoms with Gasteiger partial charge in [0.2, 0.25) is 5.82 Å². The summed E-state index contributed by atoms with van der Waals surface area (Å²) in [4.78, 5) is 12.7. The molecule has 2 aromatic carbocycles. The van der Waals surface area contributed by atoms with Crippen molar-refractivity contribution >= 4 is 11.5 Å². The molecule has 9 heteroatoms. The molecule has 30 heavy (non-hydrogen) atoms. The summed E-state index contributed by atoms with van der Waals surface area (Å²) in [5.74, 6) is 0.304. The second kappa shape index (κ2) is 7.89. The van der Waals surface area contributed by atoms with E-state index < -0.39 is 17.2 Å². The van der Waals surface area contributed by atoms with Crippen molar-refractivity contribution in [3.8, 4) is 11.4 Å². The number of halogens is 3. The normalized spacial score (nSPS) is 15.4. The SMILES string of the molecule is O=C(CNc1cccc(-c2nn[nH]n2)c1)CC1(c2ccccc2C(F)(F)F)CCC1. The molecule has 0 atom stereocenters. The smallest absolute Gasteiger partial charge is 0.378 e. The number of rotatable bonds is 7. The van der Waals surface area contributed by atoms with Crippen molar-refractivity contribution in [1.29, 1.82) is 0 Å². The van der Waals surface area contributed by atoms with Crippen molar-refractivity contribution in [2.75, 3.05) is 11.9 Å². The summed E-state index contributed by atoms with van der Waals surface area (Å²) in [5.41, 5.74) is 0.284. The molecule has 0 saturated heterocycles. The molecule has 0 unspecified atom stereocenters. The zero-order valence-corrected chi connectivity index (χ0v) is 16.0. The van der Waals surface area contributed by atoms with Gasteiger partial charge in [0.15, 0.2) is 5.78 Å². The van der Waals surface area contributed by atoms with Crippen LogP contribution in [0.4, 0.5) is 18.9 Å². The number of anilines is 1. The van der Waals surface area contributed by atoms with Crippen LogP contribution in [0, 0.1) is 0 Å². The van der Waals surface area contributed by atoms with Crippen LogP contribution in [0.3, 0.4) is 0 Å². The molecule has 1 aliphatic rings. The number of carbonyl (C=O) groups excluding carboxylic acids is 1. The molecule has 3 aromatic rings. The van der Waals surface area contributed by atoms with Gasteiger partial charge in [0.25, 0.3) is 0 Å². The first-order valence-electron chi connectivity index (χ1n) is 9.64. The summed E-state index contributed by atoms with van der Waals surface area (Å²) in [7, 11) is 0. The van der Waals surface area contributed by atoms with Crippen LogP contribution in [-0.2, 0) is 16.4 Å². The van der Waals surface area contributed by atoms with E-state index >= 15 is 0 Å². The van der Waals surface area contributed by atoms with Crippen molar-refractivity contribution in [1.82, 2.24) is 20.6 Å². The third-order valence-corrected chi connectivity index (χ3v) is 5.61. The molecule has 1 aromatic heterocycles. The van der Waals surface area contributed by atoms with Crippen molar-refractivity contribution in [2.24, 2.45) is 0 Å². The predicted octanol–water partition coefficient (Wildman–Crippen LogP) is 4.38. The Morgan fingerprint density at radius 1 is 1.13 bits per heavy atom. The zero-order chi connectivity index (χ0) is 21.2. The van der Waals surface area contributed by atoms with Gasteiger partial charge in [-0.05, 0) is 41.8 Å². The third kappa shape index (κ3) is 4.05. The van der Waals surface area contributed by atoms with Gasteiger partial charge in [-0.25, -0.2) is 0 Å². The first-order chi connectivity index (χ1) is 14.4. The Balaban J connectivity index is 1.46. The summed E-state index contributed by atoms with van der Waals surface area (Å²) < 4.78 is 40.5. The van der Waals surface area contributed by atoms with Crippen LogP contribution >= 0.6 is 0 Å². The molecular weight excluding hydrogens is 395 g/mol. The van der Waals surface area contributed by atoms with Crippen LogP contribution in [0.2, 0.25) is 0 Å². The van der Waals surface area contributed by atoms with Gasteiger partial charge in [-0.15, -0.1) is 10.2 Å². The molecule has 4 rings (SSSR count). The third-order valence-electron chi connectivity index (χ3n) is 5.61. The van der Waals surface area contributed by atoms with E-state index in [0.717, 1.165) is 18.1 Å². The quantitative estimate of drug-likeness (QED) is 0.598. The van der Waals surface area contributed by atoms with Gasteiger partial charge in [0.05, 0.1) is 12.1 Å². The largest absolute Gasteiger partial charge is 0.416 e. The Labute approximate surface area is 170 Å². The van der Waals surface area contributed by atoms with Crippen molar-refractivity contribution in [3.63, 3.8) is 0 Å². The lowest BCUT2D eigenvalue weighted by Gasteiger charge is -2.43. The standard InChI is InChI=1S/C21H20F3N5O/c22-21(23,24)18-8-2-1-7-17(18)20(9-4-10-20)12-16(30)13-25-15-6-3-5-14(11-15)19-26-28-29-27-19/h1-3,5-8,11,25H,4,9-10,12-13H2,(H,26,27,28,29). The van der Waals surface area contributed by atoms with E-state index in [9.17, 15) is 18.0 Å². The van der Waals surface area contributed by atoms with Gasteiger partial charge in [-0.3, -0.25) is 4.79 Å². The van der Waals surface area contributed by atoms with Gasteiger partial charge in [-0.2, -0.15) is 18.4 Å². The number of tetrazole rings is 1. The van der Waals surface area contributed by atoms with E-state index in [-0.39, 0.29) is 24.3 Å². The fourth-order valence-electron chi connectivity index (χ4n) is 4.03. The lowest BCUT2D eigenvalue weighted by molar-refractivity contribution is -0.139. The number of nitrogens with zero attached hydrogens (tertiary/aromatic N) is 3. The number of carbonyl (C=O) groups is 1. The molecule has 1 heterocycles. The maximum Gasteiger partial charge on any atom is 0.416 e. The van der Waals surface area contributed by atoms with Gasteiger partial charge >= 0.3 is 6.18 Å². The van der Waals surface area contributed by atoms with Crippen LogP contribution in [-0.4, -0.2) is 33.0 Å². The number of aromatic amines is 1. The predicted molar refractivity (Wildman–Crippen MR) is 105 cm³/mol.